The predicted molar refractivity (Wildman–Crippen MR) is 75.8 cm³/mol. The molecule has 0 aliphatic rings. The third-order valence-electron chi connectivity index (χ3n) is 3.53. The molecule has 4 heteroatoms. The van der Waals surface area contributed by atoms with Gasteiger partial charge in [0.2, 0.25) is 0 Å². The van der Waals surface area contributed by atoms with E-state index in [0.29, 0.717) is 6.42 Å². The van der Waals surface area contributed by atoms with Crippen LogP contribution < -0.4 is 5.32 Å². The zero-order valence-corrected chi connectivity index (χ0v) is 11.4. The second kappa shape index (κ2) is 6.27. The Kier molecular flexibility index (Phi) is 4.65. The van der Waals surface area contributed by atoms with Gasteiger partial charge < -0.3 is 5.32 Å². The summed E-state index contributed by atoms with van der Waals surface area (Å²) >= 11 is 0. The smallest absolute Gasteiger partial charge is 0.317 e. The Morgan fingerprint density at radius 1 is 1.05 bits per heavy atom. The van der Waals surface area contributed by atoms with Crippen LogP contribution in [0.25, 0.3) is 10.8 Å². The molecule has 0 aliphatic carbocycles. The second-order valence-electron chi connectivity index (χ2n) is 4.98. The van der Waals surface area contributed by atoms with Gasteiger partial charge in [-0.05, 0) is 36.2 Å². The number of likely N-dealkylation sites (N-methyl/N-ethyl adjacent to an activating group) is 1. The molecule has 2 aromatic carbocycles. The van der Waals surface area contributed by atoms with Crippen LogP contribution in [0.4, 0.5) is 13.2 Å². The molecule has 0 saturated heterocycles. The van der Waals surface area contributed by atoms with Crippen LogP contribution in [0.2, 0.25) is 0 Å². The normalized spacial score (nSPS) is 13.6. The minimum Gasteiger partial charge on any atom is -0.317 e. The van der Waals surface area contributed by atoms with Gasteiger partial charge >= 0.3 is 6.18 Å². The Labute approximate surface area is 116 Å². The molecule has 1 nitrogen and oxygen atoms in total. The number of benzene rings is 2. The third-order valence-corrected chi connectivity index (χ3v) is 3.53. The van der Waals surface area contributed by atoms with E-state index in [0.717, 1.165) is 16.3 Å². The van der Waals surface area contributed by atoms with Crippen LogP contribution in [0.3, 0.4) is 0 Å². The maximum atomic E-state index is 12.3. The first-order chi connectivity index (χ1) is 9.49. The molecule has 2 rings (SSSR count). The van der Waals surface area contributed by atoms with Gasteiger partial charge in [0.1, 0.15) is 0 Å². The molecule has 2 aromatic rings. The molecule has 0 saturated carbocycles. The van der Waals surface area contributed by atoms with Gasteiger partial charge in [0, 0.05) is 12.5 Å². The van der Waals surface area contributed by atoms with Crippen LogP contribution in [0, 0.1) is 0 Å². The van der Waals surface area contributed by atoms with E-state index < -0.39 is 12.6 Å². The molecule has 108 valence electrons. The summed E-state index contributed by atoms with van der Waals surface area (Å²) in [5.41, 5.74) is 1.09. The van der Waals surface area contributed by atoms with E-state index >= 15 is 0 Å². The van der Waals surface area contributed by atoms with E-state index in [4.69, 9.17) is 0 Å². The number of alkyl halides is 3. The number of hydrogen-bond acceptors (Lipinski definition) is 1. The minimum atomic E-state index is -4.09. The van der Waals surface area contributed by atoms with E-state index in [2.05, 4.69) is 5.32 Å². The Hall–Kier alpha value is -1.55. The van der Waals surface area contributed by atoms with Crippen LogP contribution in [-0.4, -0.2) is 19.3 Å². The van der Waals surface area contributed by atoms with E-state index in [9.17, 15) is 13.2 Å². The molecule has 0 aliphatic heterocycles. The maximum Gasteiger partial charge on any atom is 0.389 e. The van der Waals surface area contributed by atoms with Gasteiger partial charge in [-0.15, -0.1) is 0 Å². The van der Waals surface area contributed by atoms with Crippen molar-refractivity contribution in [3.63, 3.8) is 0 Å². The van der Waals surface area contributed by atoms with Crippen LogP contribution >= 0.6 is 0 Å². The van der Waals surface area contributed by atoms with Crippen LogP contribution in [0.1, 0.15) is 18.4 Å². The summed E-state index contributed by atoms with van der Waals surface area (Å²) < 4.78 is 36.9. The Morgan fingerprint density at radius 2 is 1.75 bits per heavy atom. The SMILES string of the molecule is CNC(CCC(F)(F)F)Cc1cccc2ccccc12. The highest BCUT2D eigenvalue weighted by Crippen LogP contribution is 2.25. The average Bonchev–Trinajstić information content (AvgIpc) is 2.42. The number of rotatable bonds is 5. The molecule has 0 aromatic heterocycles. The Bertz CT molecular complexity index is 558. The zero-order valence-electron chi connectivity index (χ0n) is 11.4. The van der Waals surface area contributed by atoms with Gasteiger partial charge in [0.25, 0.3) is 0 Å². The van der Waals surface area contributed by atoms with Crippen molar-refractivity contribution in [2.24, 2.45) is 0 Å². The first-order valence-electron chi connectivity index (χ1n) is 6.70. The van der Waals surface area contributed by atoms with Gasteiger partial charge in [-0.3, -0.25) is 0 Å². The van der Waals surface area contributed by atoms with Gasteiger partial charge in [-0.25, -0.2) is 0 Å². The maximum absolute atomic E-state index is 12.3. The highest BCUT2D eigenvalue weighted by Gasteiger charge is 2.28. The molecular weight excluding hydrogens is 263 g/mol. The molecular formula is C16H18F3N. The van der Waals surface area contributed by atoms with Gasteiger partial charge in [0.05, 0.1) is 0 Å². The van der Waals surface area contributed by atoms with Crippen LogP contribution in [0.15, 0.2) is 42.5 Å². The molecule has 1 unspecified atom stereocenters. The zero-order chi connectivity index (χ0) is 14.6. The van der Waals surface area contributed by atoms with Gasteiger partial charge in [-0.1, -0.05) is 42.5 Å². The number of nitrogens with one attached hydrogen (secondary N) is 1. The highest BCUT2D eigenvalue weighted by atomic mass is 19.4. The van der Waals surface area contributed by atoms with Crippen LogP contribution in [0.5, 0.6) is 0 Å². The molecule has 0 spiro atoms. The molecule has 1 N–H and O–H groups in total. The molecule has 0 amide bonds. The molecule has 20 heavy (non-hydrogen) atoms. The second-order valence-corrected chi connectivity index (χ2v) is 4.98. The van der Waals surface area contributed by atoms with Crippen molar-refractivity contribution in [3.05, 3.63) is 48.0 Å². The summed E-state index contributed by atoms with van der Waals surface area (Å²) in [6.07, 6.45) is -4.13. The average molecular weight is 281 g/mol. The van der Waals surface area contributed by atoms with Gasteiger partial charge in [0.15, 0.2) is 0 Å². The summed E-state index contributed by atoms with van der Waals surface area (Å²) in [5, 5.41) is 5.22. The first kappa shape index (κ1) is 14.9. The Balaban J connectivity index is 2.13. The number of halogens is 3. The van der Waals surface area contributed by atoms with E-state index in [1.165, 1.54) is 0 Å². The van der Waals surface area contributed by atoms with E-state index in [1.54, 1.807) is 7.05 Å². The first-order valence-corrected chi connectivity index (χ1v) is 6.70. The number of fused-ring (bicyclic) bond motifs is 1. The van der Waals surface area contributed by atoms with Crippen molar-refractivity contribution in [2.45, 2.75) is 31.5 Å². The molecule has 0 radical (unpaired) electrons. The topological polar surface area (TPSA) is 12.0 Å². The fraction of sp³-hybridized carbons (Fsp3) is 0.375. The summed E-state index contributed by atoms with van der Waals surface area (Å²) in [6.45, 7) is 0. The van der Waals surface area contributed by atoms with Crippen molar-refractivity contribution in [1.82, 2.24) is 5.32 Å². The molecule has 1 atom stereocenters. The van der Waals surface area contributed by atoms with Crippen LogP contribution in [-0.2, 0) is 6.42 Å². The van der Waals surface area contributed by atoms with Crippen molar-refractivity contribution >= 4 is 10.8 Å². The lowest BCUT2D eigenvalue weighted by Crippen LogP contribution is -2.29. The van der Waals surface area contributed by atoms with Crippen molar-refractivity contribution < 1.29 is 13.2 Å². The Morgan fingerprint density at radius 3 is 2.45 bits per heavy atom. The standard InChI is InChI=1S/C16H18F3N/c1-20-14(9-10-16(17,18)19)11-13-7-4-6-12-5-2-3-8-15(12)13/h2-8,14,20H,9-11H2,1H3. The minimum absolute atomic E-state index is 0.100. The molecule has 0 heterocycles. The van der Waals surface area contributed by atoms with Crippen molar-refractivity contribution in [3.8, 4) is 0 Å². The lowest BCUT2D eigenvalue weighted by atomic mass is 9.96. The summed E-state index contributed by atoms with van der Waals surface area (Å²) in [5.74, 6) is 0. The predicted octanol–water partition coefficient (Wildman–Crippen LogP) is 4.31. The van der Waals surface area contributed by atoms with E-state index in [-0.39, 0.29) is 12.5 Å². The summed E-state index contributed by atoms with van der Waals surface area (Å²) in [7, 11) is 1.71. The largest absolute Gasteiger partial charge is 0.389 e. The lowest BCUT2D eigenvalue weighted by molar-refractivity contribution is -0.136. The van der Waals surface area contributed by atoms with Crippen molar-refractivity contribution in [2.75, 3.05) is 7.05 Å². The summed E-state index contributed by atoms with van der Waals surface area (Å²) in [6, 6.07) is 13.7. The fourth-order valence-electron chi connectivity index (χ4n) is 2.42. The lowest BCUT2D eigenvalue weighted by Gasteiger charge is -2.18. The summed E-state index contributed by atoms with van der Waals surface area (Å²) in [4.78, 5) is 0. The van der Waals surface area contributed by atoms with Gasteiger partial charge in [-0.2, -0.15) is 13.2 Å². The fourth-order valence-corrected chi connectivity index (χ4v) is 2.42. The molecule has 0 bridgehead atoms. The highest BCUT2D eigenvalue weighted by molar-refractivity contribution is 5.85. The van der Waals surface area contributed by atoms with Crippen molar-refractivity contribution in [1.29, 1.82) is 0 Å². The molecule has 0 fully saturated rings. The monoisotopic (exact) mass is 281 g/mol. The van der Waals surface area contributed by atoms with E-state index in [1.807, 2.05) is 42.5 Å². The number of hydrogen-bond donors (Lipinski definition) is 1. The third kappa shape index (κ3) is 3.97. The quantitative estimate of drug-likeness (QED) is 0.861.